The standard InChI is InChI=1S/C12H14F3N3O/c1-3-9(7-19-2)17-11-8(6-16)4-5-10(18-11)12(13,14)15/h4-5,9H,3,7H2,1-2H3,(H,17,18). The molecule has 1 heterocycles. The Hall–Kier alpha value is -1.81. The first-order valence-electron chi connectivity index (χ1n) is 5.66. The molecule has 1 unspecified atom stereocenters. The van der Waals surface area contributed by atoms with Crippen LogP contribution in [0.4, 0.5) is 19.0 Å². The van der Waals surface area contributed by atoms with Gasteiger partial charge in [0.15, 0.2) is 0 Å². The Bertz CT molecular complexity index is 468. The van der Waals surface area contributed by atoms with Gasteiger partial charge in [0.05, 0.1) is 18.2 Å². The van der Waals surface area contributed by atoms with Gasteiger partial charge < -0.3 is 10.1 Å². The predicted molar refractivity (Wildman–Crippen MR) is 63.5 cm³/mol. The van der Waals surface area contributed by atoms with Crippen LogP contribution in [0.5, 0.6) is 0 Å². The van der Waals surface area contributed by atoms with E-state index in [1.807, 2.05) is 13.0 Å². The number of hydrogen-bond acceptors (Lipinski definition) is 4. The highest BCUT2D eigenvalue weighted by Crippen LogP contribution is 2.29. The van der Waals surface area contributed by atoms with Crippen molar-refractivity contribution in [1.29, 1.82) is 5.26 Å². The Morgan fingerprint density at radius 2 is 2.16 bits per heavy atom. The maximum Gasteiger partial charge on any atom is 0.433 e. The average Bonchev–Trinajstić information content (AvgIpc) is 2.37. The molecular weight excluding hydrogens is 259 g/mol. The van der Waals surface area contributed by atoms with Crippen molar-refractivity contribution in [1.82, 2.24) is 4.98 Å². The molecule has 104 valence electrons. The van der Waals surface area contributed by atoms with E-state index in [2.05, 4.69) is 10.3 Å². The van der Waals surface area contributed by atoms with Crippen molar-refractivity contribution in [2.45, 2.75) is 25.6 Å². The molecule has 1 rings (SSSR count). The summed E-state index contributed by atoms with van der Waals surface area (Å²) in [6.45, 7) is 2.18. The molecule has 0 aliphatic carbocycles. The van der Waals surface area contributed by atoms with E-state index >= 15 is 0 Å². The molecule has 4 nitrogen and oxygen atoms in total. The number of ether oxygens (including phenoxy) is 1. The molecule has 0 radical (unpaired) electrons. The van der Waals surface area contributed by atoms with Crippen molar-refractivity contribution in [2.75, 3.05) is 19.0 Å². The van der Waals surface area contributed by atoms with Gasteiger partial charge in [0.2, 0.25) is 0 Å². The molecule has 0 aliphatic heterocycles. The fourth-order valence-corrected chi connectivity index (χ4v) is 1.47. The van der Waals surface area contributed by atoms with Gasteiger partial charge in [-0.05, 0) is 18.6 Å². The van der Waals surface area contributed by atoms with Crippen LogP contribution in [0.2, 0.25) is 0 Å². The highest BCUT2D eigenvalue weighted by molar-refractivity contribution is 5.53. The summed E-state index contributed by atoms with van der Waals surface area (Å²) in [7, 11) is 1.50. The first kappa shape index (κ1) is 15.2. The van der Waals surface area contributed by atoms with E-state index in [9.17, 15) is 13.2 Å². The fraction of sp³-hybridized carbons (Fsp3) is 0.500. The minimum atomic E-state index is -4.53. The van der Waals surface area contributed by atoms with Crippen LogP contribution in [0, 0.1) is 11.3 Å². The number of pyridine rings is 1. The lowest BCUT2D eigenvalue weighted by molar-refractivity contribution is -0.141. The Kier molecular flexibility index (Phi) is 5.12. The molecule has 1 aromatic rings. The van der Waals surface area contributed by atoms with Gasteiger partial charge in [0, 0.05) is 7.11 Å². The van der Waals surface area contributed by atoms with Crippen molar-refractivity contribution < 1.29 is 17.9 Å². The molecule has 7 heteroatoms. The molecule has 0 spiro atoms. The van der Waals surface area contributed by atoms with Crippen LogP contribution in [0.1, 0.15) is 24.6 Å². The lowest BCUT2D eigenvalue weighted by atomic mass is 10.2. The molecule has 1 atom stereocenters. The molecule has 0 fully saturated rings. The predicted octanol–water partition coefficient (Wildman–Crippen LogP) is 2.81. The van der Waals surface area contributed by atoms with Gasteiger partial charge in [0.25, 0.3) is 0 Å². The van der Waals surface area contributed by atoms with E-state index < -0.39 is 11.9 Å². The van der Waals surface area contributed by atoms with E-state index in [1.54, 1.807) is 0 Å². The van der Waals surface area contributed by atoms with Crippen molar-refractivity contribution >= 4 is 5.82 Å². The van der Waals surface area contributed by atoms with Gasteiger partial charge in [0.1, 0.15) is 17.6 Å². The number of alkyl halides is 3. The summed E-state index contributed by atoms with van der Waals surface area (Å²) in [5.41, 5.74) is -0.955. The molecule has 19 heavy (non-hydrogen) atoms. The van der Waals surface area contributed by atoms with Crippen LogP contribution in [0.25, 0.3) is 0 Å². The largest absolute Gasteiger partial charge is 0.433 e. The summed E-state index contributed by atoms with van der Waals surface area (Å²) in [5, 5.41) is 11.7. The number of nitrogens with one attached hydrogen (secondary N) is 1. The second kappa shape index (κ2) is 6.38. The van der Waals surface area contributed by atoms with E-state index in [4.69, 9.17) is 10.00 Å². The summed E-state index contributed by atoms with van der Waals surface area (Å²) in [4.78, 5) is 3.47. The topological polar surface area (TPSA) is 57.9 Å². The van der Waals surface area contributed by atoms with Crippen LogP contribution in [0.15, 0.2) is 12.1 Å². The number of nitrogens with zero attached hydrogens (tertiary/aromatic N) is 2. The van der Waals surface area contributed by atoms with Crippen LogP contribution in [-0.2, 0) is 10.9 Å². The van der Waals surface area contributed by atoms with Crippen molar-refractivity contribution in [3.8, 4) is 6.07 Å². The zero-order valence-corrected chi connectivity index (χ0v) is 10.6. The van der Waals surface area contributed by atoms with Gasteiger partial charge >= 0.3 is 6.18 Å². The van der Waals surface area contributed by atoms with Crippen molar-refractivity contribution in [3.63, 3.8) is 0 Å². The number of methoxy groups -OCH3 is 1. The molecule has 0 amide bonds. The lowest BCUT2D eigenvalue weighted by Gasteiger charge is -2.18. The van der Waals surface area contributed by atoms with Gasteiger partial charge in [-0.3, -0.25) is 0 Å². The first-order valence-corrected chi connectivity index (χ1v) is 5.66. The van der Waals surface area contributed by atoms with Gasteiger partial charge in [-0.2, -0.15) is 18.4 Å². The molecule has 0 saturated carbocycles. The zero-order valence-electron chi connectivity index (χ0n) is 10.6. The molecule has 1 N–H and O–H groups in total. The smallest absolute Gasteiger partial charge is 0.383 e. The summed E-state index contributed by atoms with van der Waals surface area (Å²) in [6, 6.07) is 3.51. The van der Waals surface area contributed by atoms with Crippen molar-refractivity contribution in [2.24, 2.45) is 0 Å². The monoisotopic (exact) mass is 273 g/mol. The average molecular weight is 273 g/mol. The van der Waals surface area contributed by atoms with Crippen LogP contribution >= 0.6 is 0 Å². The van der Waals surface area contributed by atoms with Crippen LogP contribution < -0.4 is 5.32 Å². The quantitative estimate of drug-likeness (QED) is 0.896. The number of aromatic nitrogens is 1. The van der Waals surface area contributed by atoms with E-state index in [0.717, 1.165) is 12.1 Å². The number of halogens is 3. The van der Waals surface area contributed by atoms with E-state index in [-0.39, 0.29) is 17.4 Å². The maximum atomic E-state index is 12.6. The number of anilines is 1. The highest BCUT2D eigenvalue weighted by atomic mass is 19.4. The molecule has 1 aromatic heterocycles. The van der Waals surface area contributed by atoms with Gasteiger partial charge in [-0.15, -0.1) is 0 Å². The fourth-order valence-electron chi connectivity index (χ4n) is 1.47. The summed E-state index contributed by atoms with van der Waals surface area (Å²) in [6.07, 6.45) is -3.90. The minimum absolute atomic E-state index is 0.0683. The van der Waals surface area contributed by atoms with Crippen molar-refractivity contribution in [3.05, 3.63) is 23.4 Å². The lowest BCUT2D eigenvalue weighted by Crippen LogP contribution is -2.25. The first-order chi connectivity index (χ1) is 8.92. The Labute approximate surface area is 109 Å². The Balaban J connectivity index is 3.06. The van der Waals surface area contributed by atoms with Crippen LogP contribution in [0.3, 0.4) is 0 Å². The number of hydrogen-bond donors (Lipinski definition) is 1. The summed E-state index contributed by atoms with van der Waals surface area (Å²) in [5.74, 6) is -0.0683. The Morgan fingerprint density at radius 1 is 1.47 bits per heavy atom. The van der Waals surface area contributed by atoms with Gasteiger partial charge in [-0.1, -0.05) is 6.92 Å². The third-order valence-electron chi connectivity index (χ3n) is 2.51. The maximum absolute atomic E-state index is 12.6. The second-order valence-corrected chi connectivity index (χ2v) is 3.91. The minimum Gasteiger partial charge on any atom is -0.383 e. The SMILES string of the molecule is CCC(COC)Nc1nc(C(F)(F)F)ccc1C#N. The Morgan fingerprint density at radius 3 is 2.63 bits per heavy atom. The summed E-state index contributed by atoms with van der Waals surface area (Å²) >= 11 is 0. The molecule has 0 aliphatic rings. The molecule has 0 aromatic carbocycles. The molecule has 0 bridgehead atoms. The number of nitriles is 1. The van der Waals surface area contributed by atoms with E-state index in [1.165, 1.54) is 7.11 Å². The number of rotatable bonds is 5. The third kappa shape index (κ3) is 4.10. The highest BCUT2D eigenvalue weighted by Gasteiger charge is 2.33. The molecule has 0 saturated heterocycles. The second-order valence-electron chi connectivity index (χ2n) is 3.91. The van der Waals surface area contributed by atoms with Gasteiger partial charge in [-0.25, -0.2) is 4.98 Å². The normalized spacial score (nSPS) is 12.8. The van der Waals surface area contributed by atoms with E-state index in [0.29, 0.717) is 13.0 Å². The summed E-state index contributed by atoms with van der Waals surface area (Å²) < 4.78 is 42.7. The molecular formula is C12H14F3N3O. The van der Waals surface area contributed by atoms with Crippen LogP contribution in [-0.4, -0.2) is 24.7 Å². The third-order valence-corrected chi connectivity index (χ3v) is 2.51. The zero-order chi connectivity index (χ0) is 14.5.